The summed E-state index contributed by atoms with van der Waals surface area (Å²) in [5.41, 5.74) is 0. The van der Waals surface area contributed by atoms with Gasteiger partial charge in [0.25, 0.3) is 0 Å². The Labute approximate surface area is 114 Å². The average Bonchev–Trinajstić information content (AvgIpc) is 2.37. The van der Waals surface area contributed by atoms with Crippen molar-refractivity contribution in [2.45, 2.75) is 32.0 Å². The fourth-order valence-electron chi connectivity index (χ4n) is 3.03. The molecule has 0 saturated carbocycles. The number of para-hydroxylation sites is 2. The van der Waals surface area contributed by atoms with E-state index in [-0.39, 0.29) is 6.10 Å². The molecule has 1 aromatic carbocycles. The van der Waals surface area contributed by atoms with Gasteiger partial charge in [0.2, 0.25) is 0 Å². The molecule has 104 valence electrons. The lowest BCUT2D eigenvalue weighted by Gasteiger charge is -2.38. The molecule has 0 aliphatic carbocycles. The van der Waals surface area contributed by atoms with E-state index < -0.39 is 0 Å². The van der Waals surface area contributed by atoms with Crippen LogP contribution in [0.1, 0.15) is 13.8 Å². The van der Waals surface area contributed by atoms with Crippen LogP contribution in [0.15, 0.2) is 24.3 Å². The van der Waals surface area contributed by atoms with Crippen molar-refractivity contribution < 1.29 is 9.47 Å². The second-order valence-corrected chi connectivity index (χ2v) is 5.68. The fourth-order valence-corrected chi connectivity index (χ4v) is 3.03. The Bertz CT molecular complexity index is 428. The van der Waals surface area contributed by atoms with E-state index in [1.807, 2.05) is 24.3 Å². The molecule has 0 spiro atoms. The largest absolute Gasteiger partial charge is 0.486 e. The predicted molar refractivity (Wildman–Crippen MR) is 74.9 cm³/mol. The molecule has 3 rings (SSSR count). The number of hydrogen-bond acceptors (Lipinski definition) is 4. The highest BCUT2D eigenvalue weighted by Crippen LogP contribution is 2.31. The van der Waals surface area contributed by atoms with Crippen LogP contribution in [0.2, 0.25) is 0 Å². The van der Waals surface area contributed by atoms with Crippen LogP contribution >= 0.6 is 0 Å². The maximum atomic E-state index is 6.02. The molecule has 3 unspecified atom stereocenters. The minimum absolute atomic E-state index is 0.132. The van der Waals surface area contributed by atoms with Crippen LogP contribution in [-0.4, -0.2) is 49.3 Å². The van der Waals surface area contributed by atoms with E-state index in [9.17, 15) is 0 Å². The first kappa shape index (κ1) is 12.8. The summed E-state index contributed by atoms with van der Waals surface area (Å²) in [6.07, 6.45) is 0.132. The molecule has 1 saturated heterocycles. The van der Waals surface area contributed by atoms with E-state index in [0.29, 0.717) is 18.7 Å². The summed E-state index contributed by atoms with van der Waals surface area (Å²) in [5, 5.41) is 3.55. The van der Waals surface area contributed by atoms with Crippen molar-refractivity contribution in [3.63, 3.8) is 0 Å². The van der Waals surface area contributed by atoms with E-state index in [1.54, 1.807) is 0 Å². The molecule has 4 nitrogen and oxygen atoms in total. The van der Waals surface area contributed by atoms with E-state index in [2.05, 4.69) is 24.1 Å². The third-order valence-corrected chi connectivity index (χ3v) is 3.66. The third-order valence-electron chi connectivity index (χ3n) is 3.66. The standard InChI is InChI=1S/C15H22N2O2/c1-11-7-17(8-12(2)16-11)9-13-10-18-14-5-3-4-6-15(14)19-13/h3-6,11-13,16H,7-10H2,1-2H3. The molecule has 1 aromatic rings. The molecule has 2 heterocycles. The smallest absolute Gasteiger partial charge is 0.161 e. The van der Waals surface area contributed by atoms with Gasteiger partial charge in [0.15, 0.2) is 11.5 Å². The summed E-state index contributed by atoms with van der Waals surface area (Å²) in [6.45, 7) is 8.19. The molecule has 0 radical (unpaired) electrons. The van der Waals surface area contributed by atoms with Crippen LogP contribution in [0.25, 0.3) is 0 Å². The number of rotatable bonds is 2. The van der Waals surface area contributed by atoms with E-state index in [4.69, 9.17) is 9.47 Å². The van der Waals surface area contributed by atoms with Crippen LogP contribution in [0, 0.1) is 0 Å². The van der Waals surface area contributed by atoms with E-state index >= 15 is 0 Å². The van der Waals surface area contributed by atoms with E-state index in [0.717, 1.165) is 31.1 Å². The molecule has 0 aromatic heterocycles. The van der Waals surface area contributed by atoms with Gasteiger partial charge in [-0.15, -0.1) is 0 Å². The molecular weight excluding hydrogens is 240 g/mol. The van der Waals surface area contributed by atoms with Crippen molar-refractivity contribution in [3.05, 3.63) is 24.3 Å². The lowest BCUT2D eigenvalue weighted by Crippen LogP contribution is -2.56. The first-order valence-electron chi connectivity index (χ1n) is 7.07. The van der Waals surface area contributed by atoms with Gasteiger partial charge in [0.1, 0.15) is 12.7 Å². The number of ether oxygens (including phenoxy) is 2. The highest BCUT2D eigenvalue weighted by Gasteiger charge is 2.27. The van der Waals surface area contributed by atoms with Crippen LogP contribution in [-0.2, 0) is 0 Å². The van der Waals surface area contributed by atoms with E-state index in [1.165, 1.54) is 0 Å². The average molecular weight is 262 g/mol. The van der Waals surface area contributed by atoms with Gasteiger partial charge in [-0.2, -0.15) is 0 Å². The Kier molecular flexibility index (Phi) is 3.62. The van der Waals surface area contributed by atoms with Gasteiger partial charge in [-0.3, -0.25) is 4.90 Å². The second kappa shape index (κ2) is 5.39. The zero-order valence-electron chi connectivity index (χ0n) is 11.6. The molecular formula is C15H22N2O2. The molecule has 4 heteroatoms. The SMILES string of the molecule is CC1CN(CC2COc3ccccc3O2)CC(C)N1. The minimum atomic E-state index is 0.132. The molecule has 19 heavy (non-hydrogen) atoms. The number of piperazine rings is 1. The summed E-state index contributed by atoms with van der Waals surface area (Å²) in [5.74, 6) is 1.73. The third kappa shape index (κ3) is 3.01. The van der Waals surface area contributed by atoms with Crippen LogP contribution in [0.3, 0.4) is 0 Å². The van der Waals surface area contributed by atoms with Gasteiger partial charge in [0, 0.05) is 31.7 Å². The number of hydrogen-bond donors (Lipinski definition) is 1. The Morgan fingerprint density at radius 2 is 1.84 bits per heavy atom. The zero-order valence-corrected chi connectivity index (χ0v) is 11.6. The van der Waals surface area contributed by atoms with Crippen molar-refractivity contribution in [1.29, 1.82) is 0 Å². The van der Waals surface area contributed by atoms with Gasteiger partial charge >= 0.3 is 0 Å². The maximum Gasteiger partial charge on any atom is 0.161 e. The number of benzene rings is 1. The summed E-state index contributed by atoms with van der Waals surface area (Å²) < 4.78 is 11.8. The Hall–Kier alpha value is -1.26. The summed E-state index contributed by atoms with van der Waals surface area (Å²) in [4.78, 5) is 2.47. The molecule has 1 fully saturated rings. The number of nitrogens with zero attached hydrogens (tertiary/aromatic N) is 1. The van der Waals surface area contributed by atoms with Gasteiger partial charge in [-0.25, -0.2) is 0 Å². The quantitative estimate of drug-likeness (QED) is 0.876. The Morgan fingerprint density at radius 3 is 2.58 bits per heavy atom. The summed E-state index contributed by atoms with van der Waals surface area (Å²) in [6, 6.07) is 8.98. The van der Waals surface area contributed by atoms with Gasteiger partial charge in [-0.05, 0) is 26.0 Å². The number of fused-ring (bicyclic) bond motifs is 1. The van der Waals surface area contributed by atoms with Gasteiger partial charge < -0.3 is 14.8 Å². The maximum absolute atomic E-state index is 6.02. The van der Waals surface area contributed by atoms with Crippen LogP contribution < -0.4 is 14.8 Å². The highest BCUT2D eigenvalue weighted by molar-refractivity contribution is 5.40. The zero-order chi connectivity index (χ0) is 13.2. The topological polar surface area (TPSA) is 33.7 Å². The van der Waals surface area contributed by atoms with Crippen molar-refractivity contribution in [3.8, 4) is 11.5 Å². The van der Waals surface area contributed by atoms with Gasteiger partial charge in [-0.1, -0.05) is 12.1 Å². The summed E-state index contributed by atoms with van der Waals surface area (Å²) >= 11 is 0. The van der Waals surface area contributed by atoms with Crippen molar-refractivity contribution in [1.82, 2.24) is 10.2 Å². The Morgan fingerprint density at radius 1 is 1.16 bits per heavy atom. The Balaban J connectivity index is 1.60. The first-order valence-corrected chi connectivity index (χ1v) is 7.07. The summed E-state index contributed by atoms with van der Waals surface area (Å²) in [7, 11) is 0. The lowest BCUT2D eigenvalue weighted by molar-refractivity contribution is 0.0454. The molecule has 2 aliphatic rings. The molecule has 2 aliphatic heterocycles. The predicted octanol–water partition coefficient (Wildman–Crippen LogP) is 1.51. The molecule has 1 N–H and O–H groups in total. The van der Waals surface area contributed by atoms with Gasteiger partial charge in [0.05, 0.1) is 0 Å². The fraction of sp³-hybridized carbons (Fsp3) is 0.600. The highest BCUT2D eigenvalue weighted by atomic mass is 16.6. The lowest BCUT2D eigenvalue weighted by atomic mass is 10.1. The van der Waals surface area contributed by atoms with Crippen molar-refractivity contribution >= 4 is 0 Å². The van der Waals surface area contributed by atoms with Crippen molar-refractivity contribution in [2.24, 2.45) is 0 Å². The first-order chi connectivity index (χ1) is 9.20. The van der Waals surface area contributed by atoms with Crippen LogP contribution in [0.4, 0.5) is 0 Å². The molecule has 3 atom stereocenters. The monoisotopic (exact) mass is 262 g/mol. The molecule has 0 bridgehead atoms. The second-order valence-electron chi connectivity index (χ2n) is 5.68. The number of nitrogens with one attached hydrogen (secondary N) is 1. The normalized spacial score (nSPS) is 31.2. The minimum Gasteiger partial charge on any atom is -0.486 e. The van der Waals surface area contributed by atoms with Crippen LogP contribution in [0.5, 0.6) is 11.5 Å². The van der Waals surface area contributed by atoms with Crippen molar-refractivity contribution in [2.75, 3.05) is 26.2 Å². The molecule has 0 amide bonds.